The lowest BCUT2D eigenvalue weighted by Crippen LogP contribution is -2.54. The van der Waals surface area contributed by atoms with Crippen LogP contribution in [0.15, 0.2) is 0 Å². The molecule has 0 radical (unpaired) electrons. The Morgan fingerprint density at radius 3 is 2.05 bits per heavy atom. The van der Waals surface area contributed by atoms with Crippen molar-refractivity contribution in [1.82, 2.24) is 5.32 Å². The Morgan fingerprint density at radius 1 is 0.947 bits per heavy atom. The maximum absolute atomic E-state index is 3.90. The largest absolute Gasteiger partial charge is 0.314 e. The molecular weight excluding hydrogens is 230 g/mol. The van der Waals surface area contributed by atoms with E-state index >= 15 is 0 Å². The van der Waals surface area contributed by atoms with Gasteiger partial charge in [-0.25, -0.2) is 0 Å². The van der Waals surface area contributed by atoms with Crippen LogP contribution in [0.5, 0.6) is 0 Å². The summed E-state index contributed by atoms with van der Waals surface area (Å²) in [4.78, 5) is 0. The normalized spacial score (nSPS) is 41.7. The summed E-state index contributed by atoms with van der Waals surface area (Å²) in [6.45, 7) is 6.04. The molecule has 1 unspecified atom stereocenters. The van der Waals surface area contributed by atoms with Gasteiger partial charge in [0.05, 0.1) is 0 Å². The molecule has 4 bridgehead atoms. The molecule has 4 fully saturated rings. The van der Waals surface area contributed by atoms with Gasteiger partial charge >= 0.3 is 0 Å². The van der Waals surface area contributed by atoms with Gasteiger partial charge in [-0.1, -0.05) is 26.2 Å². The van der Waals surface area contributed by atoms with Gasteiger partial charge in [0.25, 0.3) is 0 Å². The van der Waals surface area contributed by atoms with E-state index in [1.807, 2.05) is 0 Å². The number of nitrogens with one attached hydrogen (secondary N) is 1. The second kappa shape index (κ2) is 5.76. The fraction of sp³-hybridized carbons (Fsp3) is 1.00. The molecule has 0 aromatic heterocycles. The lowest BCUT2D eigenvalue weighted by Gasteiger charge is -2.59. The number of hydrogen-bond donors (Lipinski definition) is 1. The van der Waals surface area contributed by atoms with Gasteiger partial charge in [0, 0.05) is 6.04 Å². The van der Waals surface area contributed by atoms with Gasteiger partial charge in [0.2, 0.25) is 0 Å². The van der Waals surface area contributed by atoms with Gasteiger partial charge in [0.1, 0.15) is 0 Å². The maximum atomic E-state index is 3.90. The molecule has 0 spiro atoms. The van der Waals surface area contributed by atoms with Crippen molar-refractivity contribution in [2.45, 2.75) is 84.1 Å². The van der Waals surface area contributed by atoms with Crippen LogP contribution in [0.25, 0.3) is 0 Å². The van der Waals surface area contributed by atoms with Gasteiger partial charge in [-0.3, -0.25) is 0 Å². The zero-order chi connectivity index (χ0) is 13.3. The van der Waals surface area contributed by atoms with E-state index in [9.17, 15) is 0 Å². The van der Waals surface area contributed by atoms with Crippen LogP contribution in [-0.4, -0.2) is 12.6 Å². The molecule has 19 heavy (non-hydrogen) atoms. The molecule has 0 aromatic rings. The highest BCUT2D eigenvalue weighted by Crippen LogP contribution is 2.61. The maximum Gasteiger partial charge on any atom is 0.00954 e. The first-order valence-corrected chi connectivity index (χ1v) is 8.95. The van der Waals surface area contributed by atoms with Crippen LogP contribution < -0.4 is 5.32 Å². The van der Waals surface area contributed by atoms with Crippen LogP contribution in [0.1, 0.15) is 78.1 Å². The summed E-state index contributed by atoms with van der Waals surface area (Å²) in [5.74, 6) is 3.28. The summed E-state index contributed by atoms with van der Waals surface area (Å²) in [6.07, 6.45) is 14.9. The Kier molecular flexibility index (Phi) is 4.22. The Labute approximate surface area is 119 Å². The molecule has 1 heteroatoms. The molecule has 1 N–H and O–H groups in total. The standard InChI is InChI=1S/C18H33N/c1-3-4-5-6-7-19-14(2)18-11-15-8-16(12-18)10-17(9-15)13-18/h14-17,19H,3-13H2,1-2H3. The number of hydrogen-bond acceptors (Lipinski definition) is 1. The van der Waals surface area contributed by atoms with E-state index in [-0.39, 0.29) is 0 Å². The smallest absolute Gasteiger partial charge is 0.00954 e. The third-order valence-electron chi connectivity index (χ3n) is 6.49. The minimum absolute atomic E-state index is 0.694. The average molecular weight is 263 g/mol. The van der Waals surface area contributed by atoms with E-state index in [2.05, 4.69) is 19.2 Å². The summed E-state index contributed by atoms with van der Waals surface area (Å²) in [7, 11) is 0. The van der Waals surface area contributed by atoms with Gasteiger partial charge in [0.15, 0.2) is 0 Å². The van der Waals surface area contributed by atoms with E-state index in [0.717, 1.165) is 23.8 Å². The molecule has 4 saturated carbocycles. The fourth-order valence-electron chi connectivity index (χ4n) is 5.79. The molecule has 4 rings (SSSR count). The average Bonchev–Trinajstić information content (AvgIpc) is 2.36. The highest BCUT2D eigenvalue weighted by molar-refractivity contribution is 5.05. The monoisotopic (exact) mass is 263 g/mol. The summed E-state index contributed by atoms with van der Waals surface area (Å²) >= 11 is 0. The number of rotatable bonds is 7. The van der Waals surface area contributed by atoms with Crippen LogP contribution in [-0.2, 0) is 0 Å². The van der Waals surface area contributed by atoms with E-state index in [0.29, 0.717) is 5.41 Å². The molecule has 0 heterocycles. The number of unbranched alkanes of at least 4 members (excludes halogenated alkanes) is 3. The predicted octanol–water partition coefficient (Wildman–Crippen LogP) is 4.76. The van der Waals surface area contributed by atoms with Crippen molar-refractivity contribution in [3.63, 3.8) is 0 Å². The van der Waals surface area contributed by atoms with Gasteiger partial charge in [-0.05, 0) is 81.6 Å². The van der Waals surface area contributed by atoms with Crippen molar-refractivity contribution in [2.24, 2.45) is 23.2 Å². The summed E-state index contributed by atoms with van der Waals surface area (Å²) in [5, 5.41) is 3.90. The molecule has 0 amide bonds. The third kappa shape index (κ3) is 2.86. The van der Waals surface area contributed by atoms with Crippen molar-refractivity contribution >= 4 is 0 Å². The lowest BCUT2D eigenvalue weighted by atomic mass is 9.48. The van der Waals surface area contributed by atoms with Gasteiger partial charge in [-0.15, -0.1) is 0 Å². The minimum Gasteiger partial charge on any atom is -0.314 e. The molecule has 0 aromatic carbocycles. The van der Waals surface area contributed by atoms with Crippen LogP contribution in [0, 0.1) is 23.2 Å². The molecule has 0 aliphatic heterocycles. The molecule has 4 aliphatic carbocycles. The predicted molar refractivity (Wildman–Crippen MR) is 82.2 cm³/mol. The molecular formula is C18H33N. The third-order valence-corrected chi connectivity index (χ3v) is 6.49. The van der Waals surface area contributed by atoms with Crippen molar-refractivity contribution in [3.05, 3.63) is 0 Å². The van der Waals surface area contributed by atoms with Crippen molar-refractivity contribution in [3.8, 4) is 0 Å². The Balaban J connectivity index is 1.50. The SMILES string of the molecule is CCCCCCNC(C)C12CC3CC(CC(C3)C1)C2. The van der Waals surface area contributed by atoms with Crippen molar-refractivity contribution < 1.29 is 0 Å². The molecule has 4 aliphatic rings. The molecule has 0 saturated heterocycles. The van der Waals surface area contributed by atoms with Gasteiger partial charge in [-0.2, -0.15) is 0 Å². The van der Waals surface area contributed by atoms with E-state index < -0.39 is 0 Å². The first kappa shape index (κ1) is 13.9. The Morgan fingerprint density at radius 2 is 1.53 bits per heavy atom. The zero-order valence-electron chi connectivity index (χ0n) is 13.1. The highest BCUT2D eigenvalue weighted by atomic mass is 14.9. The van der Waals surface area contributed by atoms with Crippen LogP contribution in [0.3, 0.4) is 0 Å². The minimum atomic E-state index is 0.694. The van der Waals surface area contributed by atoms with E-state index in [1.54, 1.807) is 38.5 Å². The van der Waals surface area contributed by atoms with Crippen LogP contribution in [0.4, 0.5) is 0 Å². The van der Waals surface area contributed by atoms with Crippen LogP contribution >= 0.6 is 0 Å². The van der Waals surface area contributed by atoms with Crippen molar-refractivity contribution in [2.75, 3.05) is 6.54 Å². The Bertz CT molecular complexity index is 261. The summed E-state index contributed by atoms with van der Waals surface area (Å²) in [5.41, 5.74) is 0.694. The second-order valence-electron chi connectivity index (χ2n) is 8.02. The van der Waals surface area contributed by atoms with E-state index in [4.69, 9.17) is 0 Å². The summed E-state index contributed by atoms with van der Waals surface area (Å²) in [6, 6.07) is 0.766. The van der Waals surface area contributed by atoms with E-state index in [1.165, 1.54) is 32.2 Å². The Hall–Kier alpha value is -0.0400. The quantitative estimate of drug-likeness (QED) is 0.653. The lowest BCUT2D eigenvalue weighted by molar-refractivity contribution is -0.0703. The summed E-state index contributed by atoms with van der Waals surface area (Å²) < 4.78 is 0. The molecule has 1 atom stereocenters. The second-order valence-corrected chi connectivity index (χ2v) is 8.02. The first-order valence-electron chi connectivity index (χ1n) is 8.95. The zero-order valence-corrected chi connectivity index (χ0v) is 13.1. The molecule has 1 nitrogen and oxygen atoms in total. The van der Waals surface area contributed by atoms with Crippen molar-refractivity contribution in [1.29, 1.82) is 0 Å². The van der Waals surface area contributed by atoms with Gasteiger partial charge < -0.3 is 5.32 Å². The van der Waals surface area contributed by atoms with Crippen LogP contribution in [0.2, 0.25) is 0 Å². The fourth-order valence-corrected chi connectivity index (χ4v) is 5.79. The molecule has 110 valence electrons. The topological polar surface area (TPSA) is 12.0 Å². The highest BCUT2D eigenvalue weighted by Gasteiger charge is 2.52. The first-order chi connectivity index (χ1) is 9.22.